The third-order valence-electron chi connectivity index (χ3n) is 4.78. The molecule has 26 heavy (non-hydrogen) atoms. The first kappa shape index (κ1) is 22.7. The van der Waals surface area contributed by atoms with Crippen molar-refractivity contribution in [1.29, 1.82) is 0 Å². The summed E-state index contributed by atoms with van der Waals surface area (Å²) >= 11 is 0. The smallest absolute Gasteiger partial charge is 0.220 e. The minimum absolute atomic E-state index is 0. The lowest BCUT2D eigenvalue weighted by Crippen LogP contribution is -2.36. The van der Waals surface area contributed by atoms with Crippen LogP contribution in [0.25, 0.3) is 0 Å². The predicted molar refractivity (Wildman–Crippen MR) is 107 cm³/mol. The van der Waals surface area contributed by atoms with Gasteiger partial charge in [0.2, 0.25) is 5.91 Å². The van der Waals surface area contributed by atoms with Gasteiger partial charge >= 0.3 is 0 Å². The second-order valence-corrected chi connectivity index (χ2v) is 7.34. The summed E-state index contributed by atoms with van der Waals surface area (Å²) in [5.74, 6) is 1.72. The average molecular weight is 385 g/mol. The van der Waals surface area contributed by atoms with Gasteiger partial charge in [-0.05, 0) is 69.3 Å². The topological polar surface area (TPSA) is 70.6 Å². The van der Waals surface area contributed by atoms with Gasteiger partial charge in [-0.15, -0.1) is 12.4 Å². The van der Waals surface area contributed by atoms with Gasteiger partial charge in [-0.3, -0.25) is 4.79 Å². The molecule has 0 bridgehead atoms. The molecule has 0 aromatic heterocycles. The van der Waals surface area contributed by atoms with Gasteiger partial charge in [-0.1, -0.05) is 19.1 Å². The maximum atomic E-state index is 12.1. The lowest BCUT2D eigenvalue weighted by molar-refractivity contribution is -0.122. The highest BCUT2D eigenvalue weighted by Crippen LogP contribution is 2.22. The fourth-order valence-corrected chi connectivity index (χ4v) is 3.26. The Hall–Kier alpha value is -1.30. The molecule has 1 aromatic carbocycles. The van der Waals surface area contributed by atoms with Crippen molar-refractivity contribution in [3.63, 3.8) is 0 Å². The number of hydrogen-bond donors (Lipinski definition) is 3. The van der Waals surface area contributed by atoms with Gasteiger partial charge in [0.15, 0.2) is 0 Å². The number of piperidine rings is 1. The van der Waals surface area contributed by atoms with Crippen LogP contribution in [-0.2, 0) is 4.79 Å². The van der Waals surface area contributed by atoms with E-state index in [-0.39, 0.29) is 31.0 Å². The van der Waals surface area contributed by atoms with Crippen LogP contribution in [0, 0.1) is 11.8 Å². The molecular formula is C20H33ClN2O3. The van der Waals surface area contributed by atoms with E-state index in [4.69, 9.17) is 4.74 Å². The minimum atomic E-state index is -0.705. The van der Waals surface area contributed by atoms with E-state index in [1.807, 2.05) is 38.1 Å². The second-order valence-electron chi connectivity index (χ2n) is 7.34. The summed E-state index contributed by atoms with van der Waals surface area (Å²) in [5, 5.41) is 16.5. The number of nitrogens with one attached hydrogen (secondary N) is 2. The molecule has 3 atom stereocenters. The molecule has 0 saturated carbocycles. The predicted octanol–water partition coefficient (Wildman–Crippen LogP) is 3.07. The Kier molecular flexibility index (Phi) is 9.99. The fourth-order valence-electron chi connectivity index (χ4n) is 3.26. The van der Waals surface area contributed by atoms with Crippen LogP contribution < -0.4 is 15.4 Å². The number of carbonyl (C=O) groups excluding carboxylic acids is 1. The molecule has 2 rings (SSSR count). The zero-order valence-corrected chi connectivity index (χ0v) is 16.8. The Balaban J connectivity index is 0.00000338. The summed E-state index contributed by atoms with van der Waals surface area (Å²) in [7, 11) is 0. The Bertz CT molecular complexity index is 530. The summed E-state index contributed by atoms with van der Waals surface area (Å²) in [5.41, 5.74) is 0.779. The molecule has 1 fully saturated rings. The molecule has 0 radical (unpaired) electrons. The first-order chi connectivity index (χ1) is 12.0. The van der Waals surface area contributed by atoms with Gasteiger partial charge in [-0.25, -0.2) is 0 Å². The highest BCUT2D eigenvalue weighted by atomic mass is 35.5. The average Bonchev–Trinajstić information content (AvgIpc) is 2.60. The van der Waals surface area contributed by atoms with E-state index in [2.05, 4.69) is 17.6 Å². The first-order valence-corrected chi connectivity index (χ1v) is 9.37. The molecule has 148 valence electrons. The van der Waals surface area contributed by atoms with Gasteiger partial charge in [0, 0.05) is 13.0 Å². The SMILES string of the molecule is CC(C)Oc1ccc(C(O)CNC(=O)CC(C)C2CCCNC2)cc1.Cl. The summed E-state index contributed by atoms with van der Waals surface area (Å²) < 4.78 is 5.59. The van der Waals surface area contributed by atoms with Gasteiger partial charge in [0.1, 0.15) is 5.75 Å². The number of hydrogen-bond acceptors (Lipinski definition) is 4. The Morgan fingerprint density at radius 1 is 1.31 bits per heavy atom. The normalized spacial score (nSPS) is 19.3. The quantitative estimate of drug-likeness (QED) is 0.644. The van der Waals surface area contributed by atoms with Crippen molar-refractivity contribution in [2.24, 2.45) is 11.8 Å². The van der Waals surface area contributed by atoms with Crippen LogP contribution >= 0.6 is 12.4 Å². The summed E-state index contributed by atoms with van der Waals surface area (Å²) in [6, 6.07) is 7.37. The highest BCUT2D eigenvalue weighted by molar-refractivity contribution is 5.85. The van der Waals surface area contributed by atoms with Crippen LogP contribution in [-0.4, -0.2) is 36.8 Å². The molecule has 1 aliphatic rings. The van der Waals surface area contributed by atoms with Gasteiger partial charge in [0.05, 0.1) is 12.2 Å². The van der Waals surface area contributed by atoms with E-state index in [0.717, 1.165) is 24.4 Å². The van der Waals surface area contributed by atoms with Crippen molar-refractivity contribution < 1.29 is 14.6 Å². The molecule has 1 aromatic rings. The number of carbonyl (C=O) groups is 1. The van der Waals surface area contributed by atoms with Crippen LogP contribution in [0.1, 0.15) is 51.7 Å². The van der Waals surface area contributed by atoms with Gasteiger partial charge < -0.3 is 20.5 Å². The summed E-state index contributed by atoms with van der Waals surface area (Å²) in [6.45, 7) is 8.41. The van der Waals surface area contributed by atoms with E-state index >= 15 is 0 Å². The molecule has 1 amide bonds. The Morgan fingerprint density at radius 3 is 2.58 bits per heavy atom. The van der Waals surface area contributed by atoms with Crippen molar-refractivity contribution in [1.82, 2.24) is 10.6 Å². The van der Waals surface area contributed by atoms with Crippen LogP contribution in [0.15, 0.2) is 24.3 Å². The molecular weight excluding hydrogens is 352 g/mol. The van der Waals surface area contributed by atoms with Crippen molar-refractivity contribution in [2.75, 3.05) is 19.6 Å². The standard InChI is InChI=1S/C20H32N2O3.ClH/c1-14(2)25-18-8-6-16(7-9-18)19(23)13-22-20(24)11-15(3)17-5-4-10-21-12-17;/h6-9,14-15,17,19,21,23H,4-5,10-13H2,1-3H3,(H,22,24);1H. The molecule has 6 heteroatoms. The number of aliphatic hydroxyl groups excluding tert-OH is 1. The molecule has 1 saturated heterocycles. The molecule has 5 nitrogen and oxygen atoms in total. The zero-order valence-electron chi connectivity index (χ0n) is 16.0. The van der Waals surface area contributed by atoms with Crippen molar-refractivity contribution in [3.05, 3.63) is 29.8 Å². The molecule has 0 aliphatic carbocycles. The van der Waals surface area contributed by atoms with E-state index in [9.17, 15) is 9.90 Å². The summed E-state index contributed by atoms with van der Waals surface area (Å²) in [6.07, 6.45) is 2.31. The Labute approximate surface area is 163 Å². The van der Waals surface area contributed by atoms with Crippen molar-refractivity contribution >= 4 is 18.3 Å². The molecule has 1 heterocycles. The van der Waals surface area contributed by atoms with Crippen molar-refractivity contribution in [2.45, 2.75) is 52.2 Å². The third-order valence-corrected chi connectivity index (χ3v) is 4.78. The first-order valence-electron chi connectivity index (χ1n) is 9.37. The Morgan fingerprint density at radius 2 is 2.00 bits per heavy atom. The molecule has 3 unspecified atom stereocenters. The molecule has 0 spiro atoms. The fraction of sp³-hybridized carbons (Fsp3) is 0.650. The van der Waals surface area contributed by atoms with Crippen molar-refractivity contribution in [3.8, 4) is 5.75 Å². The lowest BCUT2D eigenvalue weighted by atomic mass is 9.85. The number of rotatable bonds is 8. The highest BCUT2D eigenvalue weighted by Gasteiger charge is 2.22. The van der Waals surface area contributed by atoms with E-state index < -0.39 is 6.10 Å². The number of amides is 1. The number of halogens is 1. The maximum Gasteiger partial charge on any atom is 0.220 e. The van der Waals surface area contributed by atoms with E-state index in [0.29, 0.717) is 18.3 Å². The van der Waals surface area contributed by atoms with Crippen LogP contribution in [0.3, 0.4) is 0 Å². The monoisotopic (exact) mass is 384 g/mol. The lowest BCUT2D eigenvalue weighted by Gasteiger charge is -2.28. The van der Waals surface area contributed by atoms with Crippen LogP contribution in [0.5, 0.6) is 5.75 Å². The molecule has 3 N–H and O–H groups in total. The number of benzene rings is 1. The van der Waals surface area contributed by atoms with Gasteiger partial charge in [0.25, 0.3) is 0 Å². The third kappa shape index (κ3) is 7.52. The summed E-state index contributed by atoms with van der Waals surface area (Å²) in [4.78, 5) is 12.1. The number of ether oxygens (including phenoxy) is 1. The van der Waals surface area contributed by atoms with Crippen LogP contribution in [0.2, 0.25) is 0 Å². The minimum Gasteiger partial charge on any atom is -0.491 e. The van der Waals surface area contributed by atoms with Gasteiger partial charge in [-0.2, -0.15) is 0 Å². The second kappa shape index (κ2) is 11.4. The zero-order chi connectivity index (χ0) is 18.2. The van der Waals surface area contributed by atoms with Crippen LogP contribution in [0.4, 0.5) is 0 Å². The molecule has 1 aliphatic heterocycles. The van der Waals surface area contributed by atoms with E-state index in [1.54, 1.807) is 0 Å². The largest absolute Gasteiger partial charge is 0.491 e. The number of aliphatic hydroxyl groups is 1. The maximum absolute atomic E-state index is 12.1. The van der Waals surface area contributed by atoms with E-state index in [1.165, 1.54) is 12.8 Å².